The van der Waals surface area contributed by atoms with Gasteiger partial charge in [-0.1, -0.05) is 11.2 Å². The Morgan fingerprint density at radius 1 is 1.59 bits per heavy atom. The number of aromatic hydroxyl groups is 1. The van der Waals surface area contributed by atoms with Gasteiger partial charge in [-0.15, -0.1) is 0 Å². The van der Waals surface area contributed by atoms with Crippen LogP contribution in [0.3, 0.4) is 0 Å². The second kappa shape index (κ2) is 5.74. The van der Waals surface area contributed by atoms with Crippen LogP contribution in [0.15, 0.2) is 29.4 Å². The normalized spacial score (nSPS) is 13.1. The molecule has 1 amide bonds. The molecule has 92 valence electrons. The number of carbonyl (C=O) groups excluding carboxylic acids is 1. The van der Waals surface area contributed by atoms with Gasteiger partial charge in [-0.3, -0.25) is 4.79 Å². The number of rotatable bonds is 4. The van der Waals surface area contributed by atoms with Crippen molar-refractivity contribution in [3.05, 3.63) is 29.8 Å². The molecule has 1 unspecified atom stereocenters. The van der Waals surface area contributed by atoms with Gasteiger partial charge in [0.1, 0.15) is 11.6 Å². The predicted molar refractivity (Wildman–Crippen MR) is 63.1 cm³/mol. The molecular formula is C11H15N3O3. The van der Waals surface area contributed by atoms with Crippen molar-refractivity contribution in [1.29, 1.82) is 0 Å². The number of hydrogen-bond acceptors (Lipinski definition) is 4. The van der Waals surface area contributed by atoms with E-state index in [9.17, 15) is 9.90 Å². The summed E-state index contributed by atoms with van der Waals surface area (Å²) in [5, 5.41) is 23.1. The third-order valence-electron chi connectivity index (χ3n) is 2.13. The summed E-state index contributed by atoms with van der Waals surface area (Å²) >= 11 is 0. The molecule has 6 nitrogen and oxygen atoms in total. The Labute approximate surface area is 98.7 Å². The molecule has 17 heavy (non-hydrogen) atoms. The molecule has 5 N–H and O–H groups in total. The molecule has 0 fully saturated rings. The van der Waals surface area contributed by atoms with Crippen molar-refractivity contribution in [3.8, 4) is 5.75 Å². The van der Waals surface area contributed by atoms with E-state index in [2.05, 4.69) is 10.5 Å². The molecule has 0 aromatic heterocycles. The van der Waals surface area contributed by atoms with Crippen molar-refractivity contribution in [2.75, 3.05) is 0 Å². The topological polar surface area (TPSA) is 108 Å². The summed E-state index contributed by atoms with van der Waals surface area (Å²) in [5.74, 6) is -0.241. The fourth-order valence-electron chi connectivity index (χ4n) is 1.36. The summed E-state index contributed by atoms with van der Waals surface area (Å²) in [6, 6.07) is 5.76. The number of hydrogen-bond donors (Lipinski definition) is 4. The van der Waals surface area contributed by atoms with Crippen LogP contribution in [0.2, 0.25) is 0 Å². The molecule has 0 aliphatic carbocycles. The largest absolute Gasteiger partial charge is 0.508 e. The van der Waals surface area contributed by atoms with E-state index in [4.69, 9.17) is 10.9 Å². The van der Waals surface area contributed by atoms with Crippen LogP contribution in [0.5, 0.6) is 5.75 Å². The number of carbonyl (C=O) groups is 1. The van der Waals surface area contributed by atoms with Gasteiger partial charge in [0.05, 0.1) is 0 Å². The smallest absolute Gasteiger partial charge is 0.251 e. The fourth-order valence-corrected chi connectivity index (χ4v) is 1.36. The molecule has 1 aromatic rings. The molecule has 1 rings (SSSR count). The van der Waals surface area contributed by atoms with Gasteiger partial charge in [0.15, 0.2) is 0 Å². The summed E-state index contributed by atoms with van der Waals surface area (Å²) in [7, 11) is 0. The zero-order valence-electron chi connectivity index (χ0n) is 9.42. The van der Waals surface area contributed by atoms with Crippen LogP contribution in [0, 0.1) is 0 Å². The van der Waals surface area contributed by atoms with E-state index in [1.165, 1.54) is 12.1 Å². The minimum Gasteiger partial charge on any atom is -0.508 e. The molecule has 0 saturated carbocycles. The SMILES string of the molecule is CC(CC(N)=NO)NC(=O)c1cccc(O)c1. The molecular weight excluding hydrogens is 222 g/mol. The lowest BCUT2D eigenvalue weighted by atomic mass is 10.1. The molecule has 0 radical (unpaired) electrons. The predicted octanol–water partition coefficient (Wildman–Crippen LogP) is 0.647. The Bertz CT molecular complexity index is 432. The summed E-state index contributed by atoms with van der Waals surface area (Å²) < 4.78 is 0. The number of amides is 1. The maximum absolute atomic E-state index is 11.7. The fraction of sp³-hybridized carbons (Fsp3) is 0.273. The van der Waals surface area contributed by atoms with E-state index in [1.54, 1.807) is 19.1 Å². The zero-order valence-corrected chi connectivity index (χ0v) is 9.42. The maximum Gasteiger partial charge on any atom is 0.251 e. The molecule has 0 spiro atoms. The number of phenols is 1. The molecule has 0 bridgehead atoms. The van der Waals surface area contributed by atoms with E-state index in [1.807, 2.05) is 0 Å². The van der Waals surface area contributed by atoms with Gasteiger partial charge < -0.3 is 21.4 Å². The van der Waals surface area contributed by atoms with Crippen LogP contribution >= 0.6 is 0 Å². The standard InChI is InChI=1S/C11H15N3O3/c1-7(5-10(12)14-17)13-11(16)8-3-2-4-9(15)6-8/h2-4,6-7,15,17H,5H2,1H3,(H2,12,14)(H,13,16). The van der Waals surface area contributed by atoms with Crippen LogP contribution in [0.1, 0.15) is 23.7 Å². The van der Waals surface area contributed by atoms with E-state index in [0.717, 1.165) is 0 Å². The number of benzene rings is 1. The van der Waals surface area contributed by atoms with Crippen LogP contribution in [-0.4, -0.2) is 28.1 Å². The third kappa shape index (κ3) is 4.02. The van der Waals surface area contributed by atoms with Gasteiger partial charge in [0.2, 0.25) is 0 Å². The molecule has 0 aliphatic rings. The minimum atomic E-state index is -0.320. The first-order chi connectivity index (χ1) is 8.02. The lowest BCUT2D eigenvalue weighted by molar-refractivity contribution is 0.0940. The summed E-state index contributed by atoms with van der Waals surface area (Å²) in [6.45, 7) is 1.73. The van der Waals surface area contributed by atoms with E-state index in [-0.39, 0.29) is 30.0 Å². The highest BCUT2D eigenvalue weighted by atomic mass is 16.4. The number of oxime groups is 1. The lowest BCUT2D eigenvalue weighted by Gasteiger charge is -2.12. The first-order valence-corrected chi connectivity index (χ1v) is 5.09. The third-order valence-corrected chi connectivity index (χ3v) is 2.13. The van der Waals surface area contributed by atoms with E-state index in [0.29, 0.717) is 5.56 Å². The van der Waals surface area contributed by atoms with Gasteiger partial charge in [-0.05, 0) is 25.1 Å². The zero-order chi connectivity index (χ0) is 12.8. The summed E-state index contributed by atoms with van der Waals surface area (Å²) in [5.41, 5.74) is 5.68. The molecule has 0 aliphatic heterocycles. The first kappa shape index (κ1) is 12.8. The highest BCUT2D eigenvalue weighted by Crippen LogP contribution is 2.10. The van der Waals surface area contributed by atoms with Gasteiger partial charge in [0.25, 0.3) is 5.91 Å². The Balaban J connectivity index is 2.60. The Morgan fingerprint density at radius 3 is 2.88 bits per heavy atom. The molecule has 0 saturated heterocycles. The van der Waals surface area contributed by atoms with Crippen molar-refractivity contribution in [3.63, 3.8) is 0 Å². The summed E-state index contributed by atoms with van der Waals surface area (Å²) in [4.78, 5) is 11.7. The number of nitrogens with two attached hydrogens (primary N) is 1. The Hall–Kier alpha value is -2.24. The number of nitrogens with one attached hydrogen (secondary N) is 1. The number of phenolic OH excluding ortho intramolecular Hbond substituents is 1. The first-order valence-electron chi connectivity index (χ1n) is 5.09. The Kier molecular flexibility index (Phi) is 4.33. The number of amidine groups is 1. The number of nitrogens with zero attached hydrogens (tertiary/aromatic N) is 1. The van der Waals surface area contributed by atoms with E-state index < -0.39 is 0 Å². The van der Waals surface area contributed by atoms with Crippen molar-refractivity contribution in [2.24, 2.45) is 10.9 Å². The van der Waals surface area contributed by atoms with Gasteiger partial charge in [-0.25, -0.2) is 0 Å². The molecule has 0 heterocycles. The maximum atomic E-state index is 11.7. The van der Waals surface area contributed by atoms with Crippen molar-refractivity contribution >= 4 is 11.7 Å². The van der Waals surface area contributed by atoms with Crippen molar-refractivity contribution < 1.29 is 15.1 Å². The molecule has 6 heteroatoms. The lowest BCUT2D eigenvalue weighted by Crippen LogP contribution is -2.35. The van der Waals surface area contributed by atoms with Crippen LogP contribution in [-0.2, 0) is 0 Å². The molecule has 1 aromatic carbocycles. The van der Waals surface area contributed by atoms with Crippen molar-refractivity contribution in [1.82, 2.24) is 5.32 Å². The van der Waals surface area contributed by atoms with Gasteiger partial charge in [0, 0.05) is 18.0 Å². The Morgan fingerprint density at radius 2 is 2.29 bits per heavy atom. The van der Waals surface area contributed by atoms with Gasteiger partial charge in [-0.2, -0.15) is 0 Å². The average Bonchev–Trinajstić information content (AvgIpc) is 2.28. The highest BCUT2D eigenvalue weighted by Gasteiger charge is 2.11. The monoisotopic (exact) mass is 237 g/mol. The van der Waals surface area contributed by atoms with Crippen LogP contribution in [0.25, 0.3) is 0 Å². The highest BCUT2D eigenvalue weighted by molar-refractivity contribution is 5.95. The quantitative estimate of drug-likeness (QED) is 0.267. The molecule has 1 atom stereocenters. The average molecular weight is 237 g/mol. The van der Waals surface area contributed by atoms with Crippen LogP contribution < -0.4 is 11.1 Å². The second-order valence-corrected chi connectivity index (χ2v) is 3.72. The van der Waals surface area contributed by atoms with Gasteiger partial charge >= 0.3 is 0 Å². The van der Waals surface area contributed by atoms with E-state index >= 15 is 0 Å². The second-order valence-electron chi connectivity index (χ2n) is 3.72. The summed E-state index contributed by atoms with van der Waals surface area (Å²) in [6.07, 6.45) is 0.251. The minimum absolute atomic E-state index is 0.0294. The van der Waals surface area contributed by atoms with Crippen molar-refractivity contribution in [2.45, 2.75) is 19.4 Å². The van der Waals surface area contributed by atoms with Crippen LogP contribution in [0.4, 0.5) is 0 Å².